The van der Waals surface area contributed by atoms with E-state index in [1.165, 1.54) is 141 Å². The number of hydrogen-bond acceptors (Lipinski definition) is 5. The Morgan fingerprint density at radius 1 is 0.382 bits per heavy atom. The fourth-order valence-corrected chi connectivity index (χ4v) is 8.59. The first-order valence-electron chi connectivity index (χ1n) is 23.4. The minimum Gasteiger partial charge on any atom is -0.394 e. The molecule has 5 nitrogen and oxygen atoms in total. The topological polar surface area (TPSA) is 90.2 Å². The zero-order chi connectivity index (χ0) is 39.7. The molecule has 4 atom stereocenters. The Labute approximate surface area is 339 Å². The molecule has 0 bridgehead atoms. The number of ether oxygens (including phenoxy) is 1. The van der Waals surface area contributed by atoms with Crippen LogP contribution in [0.2, 0.25) is 0 Å². The Morgan fingerprint density at radius 2 is 0.618 bits per heavy atom. The van der Waals surface area contributed by atoms with Crippen LogP contribution >= 0.6 is 0 Å². The summed E-state index contributed by atoms with van der Waals surface area (Å²) in [5, 5.41) is 44.7. The van der Waals surface area contributed by atoms with Crippen molar-refractivity contribution >= 4 is 0 Å². The van der Waals surface area contributed by atoms with Gasteiger partial charge in [-0.25, -0.2) is 0 Å². The van der Waals surface area contributed by atoms with Crippen LogP contribution in [0.5, 0.6) is 0 Å². The van der Waals surface area contributed by atoms with Crippen molar-refractivity contribution in [3.05, 3.63) is 71.8 Å². The molecule has 2 aromatic rings. The van der Waals surface area contributed by atoms with Gasteiger partial charge >= 0.3 is 0 Å². The van der Waals surface area contributed by atoms with Crippen molar-refractivity contribution in [2.75, 3.05) is 13.2 Å². The molecule has 0 spiro atoms. The van der Waals surface area contributed by atoms with E-state index < -0.39 is 36.6 Å². The van der Waals surface area contributed by atoms with Gasteiger partial charge in [-0.15, -0.1) is 0 Å². The van der Waals surface area contributed by atoms with E-state index in [9.17, 15) is 20.4 Å². The van der Waals surface area contributed by atoms with Crippen molar-refractivity contribution in [3.63, 3.8) is 0 Å². The summed E-state index contributed by atoms with van der Waals surface area (Å²) in [4.78, 5) is 0. The van der Waals surface area contributed by atoms with E-state index in [4.69, 9.17) is 4.74 Å². The monoisotopic (exact) mass is 767 g/mol. The Kier molecular flexibility index (Phi) is 28.9. The maximum absolute atomic E-state index is 11.8. The van der Waals surface area contributed by atoms with Crippen LogP contribution in [0.4, 0.5) is 0 Å². The predicted molar refractivity (Wildman–Crippen MR) is 233 cm³/mol. The second-order valence-corrected chi connectivity index (χ2v) is 16.7. The third-order valence-electron chi connectivity index (χ3n) is 12.1. The molecule has 0 aromatic heterocycles. The van der Waals surface area contributed by atoms with Crippen LogP contribution in [0, 0.1) is 0 Å². The molecular weight excluding hydrogens is 681 g/mol. The number of aliphatic hydroxyl groups excluding tert-OH is 4. The van der Waals surface area contributed by atoms with Crippen molar-refractivity contribution < 1.29 is 25.2 Å². The normalized spacial score (nSPS) is 15.1. The van der Waals surface area contributed by atoms with Crippen molar-refractivity contribution in [1.29, 1.82) is 0 Å². The third kappa shape index (κ3) is 19.5. The highest BCUT2D eigenvalue weighted by Gasteiger charge is 2.51. The number of benzene rings is 2. The van der Waals surface area contributed by atoms with Crippen LogP contribution in [0.25, 0.3) is 0 Å². The SMILES string of the molecule is CCCCCCCCCCCCCCCCC(OC(CCCCCCCCCCCCCCCC)(c1ccccc1)C(O)CO)(c1ccccc1)C(O)CO. The zero-order valence-electron chi connectivity index (χ0n) is 35.8. The van der Waals surface area contributed by atoms with Crippen molar-refractivity contribution in [3.8, 4) is 0 Å². The summed E-state index contributed by atoms with van der Waals surface area (Å²) < 4.78 is 7.31. The molecular formula is C50H86O5. The highest BCUT2D eigenvalue weighted by Crippen LogP contribution is 2.46. The fraction of sp³-hybridized carbons (Fsp3) is 0.760. The lowest BCUT2D eigenvalue weighted by molar-refractivity contribution is -0.260. The molecule has 55 heavy (non-hydrogen) atoms. The van der Waals surface area contributed by atoms with E-state index in [-0.39, 0.29) is 0 Å². The molecule has 4 N–H and O–H groups in total. The maximum Gasteiger partial charge on any atom is 0.122 e. The molecule has 0 radical (unpaired) electrons. The summed E-state index contributed by atoms with van der Waals surface area (Å²) in [7, 11) is 0. The molecule has 0 saturated carbocycles. The van der Waals surface area contributed by atoms with Crippen LogP contribution in [0.3, 0.4) is 0 Å². The van der Waals surface area contributed by atoms with E-state index in [1.807, 2.05) is 60.7 Å². The van der Waals surface area contributed by atoms with E-state index in [0.29, 0.717) is 12.8 Å². The maximum atomic E-state index is 11.8. The minimum absolute atomic E-state index is 0.466. The summed E-state index contributed by atoms with van der Waals surface area (Å²) in [5.41, 5.74) is -0.958. The van der Waals surface area contributed by atoms with Crippen molar-refractivity contribution in [2.45, 2.75) is 230 Å². The van der Waals surface area contributed by atoms with Crippen molar-refractivity contribution in [2.24, 2.45) is 0 Å². The molecule has 316 valence electrons. The highest BCUT2D eigenvalue weighted by molar-refractivity contribution is 5.29. The molecule has 5 heteroatoms. The molecule has 2 aromatic carbocycles. The molecule has 0 aliphatic rings. The number of hydrogen-bond donors (Lipinski definition) is 4. The van der Waals surface area contributed by atoms with Gasteiger partial charge in [-0.2, -0.15) is 0 Å². The van der Waals surface area contributed by atoms with Gasteiger partial charge in [-0.05, 0) is 24.0 Å². The van der Waals surface area contributed by atoms with Crippen LogP contribution in [0.1, 0.15) is 218 Å². The lowest BCUT2D eigenvalue weighted by Crippen LogP contribution is -2.55. The molecule has 0 amide bonds. The molecule has 0 aliphatic heterocycles. The summed E-state index contributed by atoms with van der Waals surface area (Å²) >= 11 is 0. The van der Waals surface area contributed by atoms with Gasteiger partial charge in [0, 0.05) is 0 Å². The van der Waals surface area contributed by atoms with Gasteiger partial charge in [-0.3, -0.25) is 0 Å². The third-order valence-corrected chi connectivity index (χ3v) is 12.1. The van der Waals surface area contributed by atoms with Crippen molar-refractivity contribution in [1.82, 2.24) is 0 Å². The number of aliphatic hydroxyl groups is 4. The molecule has 4 unspecified atom stereocenters. The predicted octanol–water partition coefficient (Wildman–Crippen LogP) is 13.2. The largest absolute Gasteiger partial charge is 0.394 e. The Morgan fingerprint density at radius 3 is 0.855 bits per heavy atom. The second kappa shape index (κ2) is 32.2. The summed E-state index contributed by atoms with van der Waals surface area (Å²) in [6.45, 7) is 3.61. The Bertz CT molecular complexity index is 1020. The molecule has 2 rings (SSSR count). The first-order valence-corrected chi connectivity index (χ1v) is 23.4. The average Bonchev–Trinajstić information content (AvgIpc) is 3.22. The molecule has 0 saturated heterocycles. The summed E-state index contributed by atoms with van der Waals surface area (Å²) in [5.74, 6) is 0. The fourth-order valence-electron chi connectivity index (χ4n) is 8.59. The van der Waals surface area contributed by atoms with E-state index in [1.54, 1.807) is 0 Å². The Hall–Kier alpha value is -1.76. The lowest BCUT2D eigenvalue weighted by Gasteiger charge is -2.48. The van der Waals surface area contributed by atoms with Crippen LogP contribution in [-0.2, 0) is 15.9 Å². The molecule has 0 heterocycles. The first-order chi connectivity index (χ1) is 27.0. The van der Waals surface area contributed by atoms with Gasteiger partial charge in [0.05, 0.1) is 13.2 Å². The average molecular weight is 767 g/mol. The quantitative estimate of drug-likeness (QED) is 0.0511. The van der Waals surface area contributed by atoms with E-state index in [2.05, 4.69) is 13.8 Å². The van der Waals surface area contributed by atoms with E-state index in [0.717, 1.165) is 49.7 Å². The molecule has 0 aliphatic carbocycles. The van der Waals surface area contributed by atoms with Gasteiger partial charge < -0.3 is 25.2 Å². The summed E-state index contributed by atoms with van der Waals surface area (Å²) in [6, 6.07) is 19.6. The smallest absolute Gasteiger partial charge is 0.122 e. The van der Waals surface area contributed by atoms with Crippen LogP contribution < -0.4 is 0 Å². The van der Waals surface area contributed by atoms with Gasteiger partial charge in [0.2, 0.25) is 0 Å². The van der Waals surface area contributed by atoms with Gasteiger partial charge in [-0.1, -0.05) is 254 Å². The first kappa shape index (κ1) is 49.4. The summed E-state index contributed by atoms with van der Waals surface area (Å²) in [6.07, 6.45) is 33.8. The highest BCUT2D eigenvalue weighted by atomic mass is 16.6. The zero-order valence-corrected chi connectivity index (χ0v) is 35.8. The number of unbranched alkanes of at least 4 members (excludes halogenated alkanes) is 26. The minimum atomic E-state index is -1.27. The van der Waals surface area contributed by atoms with E-state index >= 15 is 0 Å². The van der Waals surface area contributed by atoms with Gasteiger partial charge in [0.15, 0.2) is 0 Å². The number of rotatable bonds is 38. The molecule has 0 fully saturated rings. The van der Waals surface area contributed by atoms with Gasteiger partial charge in [0.25, 0.3) is 0 Å². The lowest BCUT2D eigenvalue weighted by atomic mass is 9.78. The van der Waals surface area contributed by atoms with Gasteiger partial charge in [0.1, 0.15) is 23.4 Å². The van der Waals surface area contributed by atoms with Crippen LogP contribution in [0.15, 0.2) is 60.7 Å². The standard InChI is InChI=1S/C50H86O5/c1-3-5-7-9-11-13-15-17-19-21-23-25-27-35-41-49(47(53)43-51,45-37-31-29-32-38-45)55-50(48(54)44-52,46-39-33-30-34-40-46)42-36-28-26-24-22-20-18-16-14-12-10-8-6-4-2/h29-34,37-40,47-48,51-54H,3-28,35-36,41-44H2,1-2H3. The Balaban J connectivity index is 2.06. The van der Waals surface area contributed by atoms with Crippen LogP contribution in [-0.4, -0.2) is 45.8 Å². The second-order valence-electron chi connectivity index (χ2n) is 16.7.